The molecule has 3 heterocycles. The van der Waals surface area contributed by atoms with Crippen LogP contribution in [0.1, 0.15) is 17.2 Å². The number of hydrogen-bond acceptors (Lipinski definition) is 5. The van der Waals surface area contributed by atoms with Crippen molar-refractivity contribution in [2.24, 2.45) is 13.0 Å². The summed E-state index contributed by atoms with van der Waals surface area (Å²) < 4.78 is 7.26. The van der Waals surface area contributed by atoms with Crippen molar-refractivity contribution in [3.63, 3.8) is 0 Å². The number of ether oxygens (including phenoxy) is 1. The van der Waals surface area contributed by atoms with Crippen molar-refractivity contribution in [2.45, 2.75) is 12.8 Å². The van der Waals surface area contributed by atoms with E-state index >= 15 is 0 Å². The maximum absolute atomic E-state index is 12.9. The summed E-state index contributed by atoms with van der Waals surface area (Å²) in [5.74, 6) is 0.459. The fourth-order valence-corrected chi connectivity index (χ4v) is 3.65. The third kappa shape index (κ3) is 3.63. The van der Waals surface area contributed by atoms with Crippen molar-refractivity contribution in [3.8, 4) is 0 Å². The standard InChI is InChI=1S/C17H29N5O2/c1-13-14(12-19-21(13)3)15-10-18-11-16(15)17(23)20(2)4-5-22-6-8-24-9-7-22/h12,15-16,18H,4-11H2,1-3H3/t15-,16+/m1/s1. The van der Waals surface area contributed by atoms with E-state index in [-0.39, 0.29) is 17.7 Å². The molecule has 1 aromatic rings. The summed E-state index contributed by atoms with van der Waals surface area (Å²) in [5, 5.41) is 7.73. The largest absolute Gasteiger partial charge is 0.379 e. The van der Waals surface area contributed by atoms with Gasteiger partial charge in [0.2, 0.25) is 5.91 Å². The Morgan fingerprint density at radius 2 is 2.17 bits per heavy atom. The summed E-state index contributed by atoms with van der Waals surface area (Å²) in [7, 11) is 3.88. The van der Waals surface area contributed by atoms with Crippen LogP contribution >= 0.6 is 0 Å². The third-order valence-corrected chi connectivity index (χ3v) is 5.44. The second-order valence-corrected chi connectivity index (χ2v) is 6.89. The molecule has 2 atom stereocenters. The van der Waals surface area contributed by atoms with E-state index in [2.05, 4.69) is 22.2 Å². The lowest BCUT2D eigenvalue weighted by Crippen LogP contribution is -2.44. The molecule has 1 N–H and O–H groups in total. The van der Waals surface area contributed by atoms with Crippen molar-refractivity contribution in [2.75, 3.05) is 59.5 Å². The highest BCUT2D eigenvalue weighted by atomic mass is 16.5. The average Bonchev–Trinajstić information content (AvgIpc) is 3.20. The first-order valence-corrected chi connectivity index (χ1v) is 8.82. The minimum atomic E-state index is 0.00240. The number of rotatable bonds is 5. The molecule has 7 heteroatoms. The Hall–Kier alpha value is -1.44. The number of nitrogens with zero attached hydrogens (tertiary/aromatic N) is 4. The molecule has 1 amide bonds. The van der Waals surface area contributed by atoms with Crippen LogP contribution < -0.4 is 5.32 Å². The zero-order chi connectivity index (χ0) is 17.1. The molecule has 0 aromatic carbocycles. The van der Waals surface area contributed by atoms with Crippen molar-refractivity contribution in [3.05, 3.63) is 17.5 Å². The molecule has 2 aliphatic heterocycles. The van der Waals surface area contributed by atoms with Gasteiger partial charge in [-0.3, -0.25) is 14.4 Å². The van der Waals surface area contributed by atoms with Gasteiger partial charge in [-0.15, -0.1) is 0 Å². The van der Waals surface area contributed by atoms with Crippen LogP contribution in [-0.2, 0) is 16.6 Å². The molecule has 3 rings (SSSR count). The lowest BCUT2D eigenvalue weighted by molar-refractivity contribution is -0.134. The van der Waals surface area contributed by atoms with Crippen LogP contribution in [0.15, 0.2) is 6.20 Å². The number of carbonyl (C=O) groups is 1. The Morgan fingerprint density at radius 1 is 1.42 bits per heavy atom. The molecule has 2 fully saturated rings. The van der Waals surface area contributed by atoms with Gasteiger partial charge in [-0.05, 0) is 12.5 Å². The van der Waals surface area contributed by atoms with Crippen LogP contribution in [0.25, 0.3) is 0 Å². The molecule has 0 bridgehead atoms. The second-order valence-electron chi connectivity index (χ2n) is 6.89. The van der Waals surface area contributed by atoms with Crippen LogP contribution in [0.2, 0.25) is 0 Å². The zero-order valence-corrected chi connectivity index (χ0v) is 15.0. The van der Waals surface area contributed by atoms with Crippen LogP contribution in [0, 0.1) is 12.8 Å². The Morgan fingerprint density at radius 3 is 2.83 bits per heavy atom. The molecule has 134 valence electrons. The first-order valence-electron chi connectivity index (χ1n) is 8.82. The quantitative estimate of drug-likeness (QED) is 0.809. The summed E-state index contributed by atoms with van der Waals surface area (Å²) in [6.45, 7) is 8.88. The number of amides is 1. The van der Waals surface area contributed by atoms with Gasteiger partial charge in [-0.1, -0.05) is 0 Å². The van der Waals surface area contributed by atoms with Crippen LogP contribution in [0.3, 0.4) is 0 Å². The highest BCUT2D eigenvalue weighted by Gasteiger charge is 2.37. The molecule has 0 saturated carbocycles. The van der Waals surface area contributed by atoms with Gasteiger partial charge in [0.1, 0.15) is 0 Å². The molecule has 2 saturated heterocycles. The molecule has 0 radical (unpaired) electrons. The smallest absolute Gasteiger partial charge is 0.227 e. The van der Waals surface area contributed by atoms with Gasteiger partial charge in [0.25, 0.3) is 0 Å². The van der Waals surface area contributed by atoms with Crippen molar-refractivity contribution >= 4 is 5.91 Å². The lowest BCUT2D eigenvalue weighted by atomic mass is 9.88. The molecule has 2 aliphatic rings. The number of likely N-dealkylation sites (N-methyl/N-ethyl adjacent to an activating group) is 1. The topological polar surface area (TPSA) is 62.6 Å². The Balaban J connectivity index is 1.59. The molecule has 1 aromatic heterocycles. The van der Waals surface area contributed by atoms with Gasteiger partial charge in [0, 0.05) is 65.0 Å². The summed E-state index contributed by atoms with van der Waals surface area (Å²) in [6, 6.07) is 0. The maximum atomic E-state index is 12.9. The Bertz CT molecular complexity index is 567. The summed E-state index contributed by atoms with van der Waals surface area (Å²) in [5.41, 5.74) is 2.35. The van der Waals surface area contributed by atoms with Gasteiger partial charge in [0.15, 0.2) is 0 Å². The predicted octanol–water partition coefficient (Wildman–Crippen LogP) is -0.178. The van der Waals surface area contributed by atoms with E-state index in [4.69, 9.17) is 4.74 Å². The third-order valence-electron chi connectivity index (χ3n) is 5.44. The predicted molar refractivity (Wildman–Crippen MR) is 91.9 cm³/mol. The normalized spacial score (nSPS) is 25.1. The number of aromatic nitrogens is 2. The highest BCUT2D eigenvalue weighted by Crippen LogP contribution is 2.31. The highest BCUT2D eigenvalue weighted by molar-refractivity contribution is 5.80. The van der Waals surface area contributed by atoms with Crippen LogP contribution in [-0.4, -0.2) is 85.0 Å². The van der Waals surface area contributed by atoms with Crippen molar-refractivity contribution in [1.82, 2.24) is 24.9 Å². The first-order chi connectivity index (χ1) is 11.6. The van der Waals surface area contributed by atoms with Gasteiger partial charge in [-0.25, -0.2) is 0 Å². The SMILES string of the molecule is Cc1c([C@H]2CNC[C@@H]2C(=O)N(C)CCN2CCOCC2)cnn1C. The van der Waals surface area contributed by atoms with E-state index in [1.54, 1.807) is 0 Å². The van der Waals surface area contributed by atoms with Gasteiger partial charge in [0.05, 0.1) is 25.3 Å². The number of hydrogen-bond donors (Lipinski definition) is 1. The lowest BCUT2D eigenvalue weighted by Gasteiger charge is -2.30. The van der Waals surface area contributed by atoms with E-state index in [0.717, 1.165) is 58.2 Å². The molecule has 7 nitrogen and oxygen atoms in total. The Kier molecular flexibility index (Phi) is 5.53. The molecular formula is C17H29N5O2. The molecule has 24 heavy (non-hydrogen) atoms. The fourth-order valence-electron chi connectivity index (χ4n) is 3.65. The van der Waals surface area contributed by atoms with E-state index in [1.165, 1.54) is 5.56 Å². The van der Waals surface area contributed by atoms with Crippen molar-refractivity contribution < 1.29 is 9.53 Å². The average molecular weight is 335 g/mol. The van der Waals surface area contributed by atoms with Crippen LogP contribution in [0.4, 0.5) is 0 Å². The van der Waals surface area contributed by atoms with Crippen LogP contribution in [0.5, 0.6) is 0 Å². The molecule has 0 spiro atoms. The van der Waals surface area contributed by atoms with Crippen molar-refractivity contribution in [1.29, 1.82) is 0 Å². The fraction of sp³-hybridized carbons (Fsp3) is 0.765. The molecule has 0 unspecified atom stereocenters. The van der Waals surface area contributed by atoms with Gasteiger partial charge in [-0.2, -0.15) is 5.10 Å². The monoisotopic (exact) mass is 335 g/mol. The number of aryl methyl sites for hydroxylation is 1. The maximum Gasteiger partial charge on any atom is 0.227 e. The summed E-state index contributed by atoms with van der Waals surface area (Å²) in [4.78, 5) is 17.2. The van der Waals surface area contributed by atoms with Gasteiger partial charge < -0.3 is 15.0 Å². The van der Waals surface area contributed by atoms with E-state index in [9.17, 15) is 4.79 Å². The van der Waals surface area contributed by atoms with E-state index < -0.39 is 0 Å². The summed E-state index contributed by atoms with van der Waals surface area (Å²) in [6.07, 6.45) is 1.92. The van der Waals surface area contributed by atoms with E-state index in [0.29, 0.717) is 0 Å². The second kappa shape index (κ2) is 7.63. The van der Waals surface area contributed by atoms with E-state index in [1.807, 2.05) is 29.9 Å². The number of morpholine rings is 1. The minimum absolute atomic E-state index is 0.00240. The minimum Gasteiger partial charge on any atom is -0.379 e. The number of nitrogens with one attached hydrogen (secondary N) is 1. The number of carbonyl (C=O) groups excluding carboxylic acids is 1. The summed E-state index contributed by atoms with van der Waals surface area (Å²) >= 11 is 0. The molecule has 0 aliphatic carbocycles. The zero-order valence-electron chi connectivity index (χ0n) is 15.0. The first kappa shape index (κ1) is 17.4. The molecular weight excluding hydrogens is 306 g/mol. The van der Waals surface area contributed by atoms with Gasteiger partial charge >= 0.3 is 0 Å². The Labute approximate surface area is 143 Å².